The molecule has 2 heterocycles. The van der Waals surface area contributed by atoms with Gasteiger partial charge >= 0.3 is 0 Å². The molecule has 0 saturated carbocycles. The Hall–Kier alpha value is -2.18. The van der Waals surface area contributed by atoms with Crippen LogP contribution in [-0.2, 0) is 6.54 Å². The Labute approximate surface area is 143 Å². The molecule has 0 radical (unpaired) electrons. The summed E-state index contributed by atoms with van der Waals surface area (Å²) in [7, 11) is 2.09. The first kappa shape index (κ1) is 16.7. The Kier molecular flexibility index (Phi) is 5.98. The average molecular weight is 326 g/mol. The summed E-state index contributed by atoms with van der Waals surface area (Å²) >= 11 is 0. The minimum absolute atomic E-state index is 0.766. The van der Waals surface area contributed by atoms with Crippen molar-refractivity contribution in [3.05, 3.63) is 48.3 Å². The quantitative estimate of drug-likeness (QED) is 0.803. The Morgan fingerprint density at radius 2 is 1.96 bits per heavy atom. The van der Waals surface area contributed by atoms with Gasteiger partial charge in [-0.15, -0.1) is 0 Å². The zero-order chi connectivity index (χ0) is 16.6. The molecule has 24 heavy (non-hydrogen) atoms. The van der Waals surface area contributed by atoms with E-state index in [0.29, 0.717) is 0 Å². The van der Waals surface area contributed by atoms with Crippen LogP contribution in [0.15, 0.2) is 42.7 Å². The third-order valence-electron chi connectivity index (χ3n) is 4.32. The number of hydrogen-bond acceptors (Lipinski definition) is 6. The summed E-state index contributed by atoms with van der Waals surface area (Å²) < 4.78 is 0. The summed E-state index contributed by atoms with van der Waals surface area (Å²) in [5, 5.41) is 6.75. The number of aromatic nitrogens is 2. The summed E-state index contributed by atoms with van der Waals surface area (Å²) in [6.45, 7) is 7.23. The van der Waals surface area contributed by atoms with Crippen molar-refractivity contribution >= 4 is 11.6 Å². The summed E-state index contributed by atoms with van der Waals surface area (Å²) in [6, 6.07) is 12.3. The van der Waals surface area contributed by atoms with Crippen LogP contribution in [0, 0.1) is 0 Å². The van der Waals surface area contributed by atoms with E-state index < -0.39 is 0 Å². The van der Waals surface area contributed by atoms with Crippen molar-refractivity contribution in [2.45, 2.75) is 6.54 Å². The van der Waals surface area contributed by atoms with E-state index in [1.165, 1.54) is 5.56 Å². The van der Waals surface area contributed by atoms with Crippen molar-refractivity contribution < 1.29 is 0 Å². The average Bonchev–Trinajstić information content (AvgIpc) is 2.66. The molecule has 2 N–H and O–H groups in total. The molecule has 1 aliphatic heterocycles. The van der Waals surface area contributed by atoms with Gasteiger partial charge in [-0.25, -0.2) is 9.97 Å². The number of anilines is 2. The molecule has 0 bridgehead atoms. The Balaban J connectivity index is 1.51. The minimum Gasteiger partial charge on any atom is -0.366 e. The normalized spacial score (nSPS) is 15.2. The summed E-state index contributed by atoms with van der Waals surface area (Å²) in [5.41, 5.74) is 1.24. The molecule has 6 heteroatoms. The van der Waals surface area contributed by atoms with Crippen molar-refractivity contribution in [1.82, 2.24) is 20.2 Å². The first-order valence-corrected chi connectivity index (χ1v) is 8.55. The number of nitrogens with zero attached hydrogens (tertiary/aromatic N) is 4. The molecule has 2 aromatic rings. The van der Waals surface area contributed by atoms with Gasteiger partial charge in [0.2, 0.25) is 0 Å². The van der Waals surface area contributed by atoms with Crippen molar-refractivity contribution in [2.24, 2.45) is 0 Å². The van der Waals surface area contributed by atoms with Crippen molar-refractivity contribution in [2.75, 3.05) is 56.5 Å². The zero-order valence-electron chi connectivity index (χ0n) is 14.3. The lowest BCUT2D eigenvalue weighted by Crippen LogP contribution is -2.46. The highest BCUT2D eigenvalue weighted by atomic mass is 15.2. The standard InChI is InChI=1S/C18H26N6/c1-23(11-12-24-9-7-19-8-10-24)18-13-17(21-15-22-18)20-14-16-5-3-2-4-6-16/h2-6,13,15,19H,7-12,14H2,1H3,(H,20,21,22). The predicted molar refractivity (Wildman–Crippen MR) is 98.4 cm³/mol. The topological polar surface area (TPSA) is 56.3 Å². The molecule has 1 fully saturated rings. The first-order valence-electron chi connectivity index (χ1n) is 8.55. The largest absolute Gasteiger partial charge is 0.366 e. The molecule has 1 aromatic heterocycles. The molecule has 0 amide bonds. The lowest BCUT2D eigenvalue weighted by molar-refractivity contribution is 0.246. The van der Waals surface area contributed by atoms with Gasteiger partial charge in [-0.05, 0) is 5.56 Å². The maximum atomic E-state index is 4.40. The third-order valence-corrected chi connectivity index (χ3v) is 4.32. The van der Waals surface area contributed by atoms with Gasteiger partial charge in [0.25, 0.3) is 0 Å². The zero-order valence-corrected chi connectivity index (χ0v) is 14.3. The molecule has 0 atom stereocenters. The molecule has 0 unspecified atom stereocenters. The van der Waals surface area contributed by atoms with E-state index in [1.54, 1.807) is 6.33 Å². The van der Waals surface area contributed by atoms with Gasteiger partial charge in [-0.2, -0.15) is 0 Å². The summed E-state index contributed by atoms with van der Waals surface area (Å²) in [4.78, 5) is 13.4. The van der Waals surface area contributed by atoms with E-state index in [2.05, 4.69) is 49.6 Å². The monoisotopic (exact) mass is 326 g/mol. The predicted octanol–water partition coefficient (Wildman–Crippen LogP) is 1.43. The van der Waals surface area contributed by atoms with E-state index in [0.717, 1.165) is 57.4 Å². The van der Waals surface area contributed by atoms with E-state index in [4.69, 9.17) is 0 Å². The third kappa shape index (κ3) is 4.91. The van der Waals surface area contributed by atoms with Crippen LogP contribution in [-0.4, -0.2) is 61.2 Å². The number of nitrogens with one attached hydrogen (secondary N) is 2. The number of piperazine rings is 1. The summed E-state index contributed by atoms with van der Waals surface area (Å²) in [6.07, 6.45) is 1.63. The molecule has 1 saturated heterocycles. The van der Waals surface area contributed by atoms with Gasteiger partial charge < -0.3 is 15.5 Å². The maximum absolute atomic E-state index is 4.40. The van der Waals surface area contributed by atoms with Gasteiger partial charge in [0.05, 0.1) is 0 Å². The number of rotatable bonds is 7. The molecular formula is C18H26N6. The van der Waals surface area contributed by atoms with Gasteiger partial charge in [-0.3, -0.25) is 4.90 Å². The van der Waals surface area contributed by atoms with E-state index >= 15 is 0 Å². The van der Waals surface area contributed by atoms with Gasteiger partial charge in [0.15, 0.2) is 0 Å². The lowest BCUT2D eigenvalue weighted by atomic mass is 10.2. The van der Waals surface area contributed by atoms with Crippen LogP contribution < -0.4 is 15.5 Å². The molecular weight excluding hydrogens is 300 g/mol. The number of hydrogen-bond donors (Lipinski definition) is 2. The number of likely N-dealkylation sites (N-methyl/N-ethyl adjacent to an activating group) is 1. The SMILES string of the molecule is CN(CCN1CCNCC1)c1cc(NCc2ccccc2)ncn1. The first-order chi connectivity index (χ1) is 11.8. The van der Waals surface area contributed by atoms with Crippen LogP contribution >= 0.6 is 0 Å². The molecule has 6 nitrogen and oxygen atoms in total. The fourth-order valence-electron chi connectivity index (χ4n) is 2.78. The maximum Gasteiger partial charge on any atom is 0.133 e. The second kappa shape index (κ2) is 8.61. The summed E-state index contributed by atoms with van der Waals surface area (Å²) in [5.74, 6) is 1.81. The fourth-order valence-corrected chi connectivity index (χ4v) is 2.78. The molecule has 0 spiro atoms. The molecule has 3 rings (SSSR count). The van der Waals surface area contributed by atoms with Crippen molar-refractivity contribution in [3.8, 4) is 0 Å². The van der Waals surface area contributed by atoms with Gasteiger partial charge in [0, 0.05) is 58.9 Å². The van der Waals surface area contributed by atoms with Gasteiger partial charge in [0.1, 0.15) is 18.0 Å². The molecule has 128 valence electrons. The van der Waals surface area contributed by atoms with Crippen LogP contribution in [0.25, 0.3) is 0 Å². The van der Waals surface area contributed by atoms with Crippen LogP contribution in [0.2, 0.25) is 0 Å². The van der Waals surface area contributed by atoms with Crippen LogP contribution in [0.5, 0.6) is 0 Å². The van der Waals surface area contributed by atoms with E-state index in [-0.39, 0.29) is 0 Å². The highest BCUT2D eigenvalue weighted by Crippen LogP contribution is 2.13. The van der Waals surface area contributed by atoms with Crippen LogP contribution in [0.3, 0.4) is 0 Å². The Morgan fingerprint density at radius 3 is 2.75 bits per heavy atom. The molecule has 1 aliphatic rings. The lowest BCUT2D eigenvalue weighted by Gasteiger charge is -2.29. The highest BCUT2D eigenvalue weighted by Gasteiger charge is 2.11. The fraction of sp³-hybridized carbons (Fsp3) is 0.444. The van der Waals surface area contributed by atoms with Crippen molar-refractivity contribution in [3.63, 3.8) is 0 Å². The van der Waals surface area contributed by atoms with Crippen LogP contribution in [0.4, 0.5) is 11.6 Å². The highest BCUT2D eigenvalue weighted by molar-refractivity contribution is 5.48. The van der Waals surface area contributed by atoms with Crippen LogP contribution in [0.1, 0.15) is 5.56 Å². The Bertz CT molecular complexity index is 612. The minimum atomic E-state index is 0.766. The van der Waals surface area contributed by atoms with E-state index in [9.17, 15) is 0 Å². The smallest absolute Gasteiger partial charge is 0.133 e. The van der Waals surface area contributed by atoms with E-state index in [1.807, 2.05) is 24.3 Å². The second-order valence-corrected chi connectivity index (χ2v) is 6.11. The van der Waals surface area contributed by atoms with Crippen molar-refractivity contribution in [1.29, 1.82) is 0 Å². The number of benzene rings is 1. The van der Waals surface area contributed by atoms with Gasteiger partial charge in [-0.1, -0.05) is 30.3 Å². The molecule has 1 aromatic carbocycles. The molecule has 0 aliphatic carbocycles. The second-order valence-electron chi connectivity index (χ2n) is 6.11. The Morgan fingerprint density at radius 1 is 1.17 bits per heavy atom.